The first kappa shape index (κ1) is 16.9. The second-order valence-corrected chi connectivity index (χ2v) is 5.62. The molecule has 2 heterocycles. The highest BCUT2D eigenvalue weighted by Gasteiger charge is 2.17. The zero-order chi connectivity index (χ0) is 17.8. The molecule has 0 spiro atoms. The fraction of sp³-hybridized carbons (Fsp3) is 0.235. The maximum Gasteiger partial charge on any atom is 0.269 e. The number of rotatable bonds is 7. The van der Waals surface area contributed by atoms with Crippen LogP contribution in [0.2, 0.25) is 0 Å². The van der Waals surface area contributed by atoms with Gasteiger partial charge in [-0.3, -0.25) is 4.79 Å². The van der Waals surface area contributed by atoms with Crippen LogP contribution in [-0.4, -0.2) is 47.2 Å². The van der Waals surface area contributed by atoms with Gasteiger partial charge in [-0.2, -0.15) is 0 Å². The molecule has 3 aromatic rings. The van der Waals surface area contributed by atoms with E-state index in [-0.39, 0.29) is 11.7 Å². The molecule has 130 valence electrons. The summed E-state index contributed by atoms with van der Waals surface area (Å²) in [5, 5.41) is 4.16. The van der Waals surface area contributed by atoms with Crippen molar-refractivity contribution in [3.8, 4) is 11.4 Å². The van der Waals surface area contributed by atoms with E-state index < -0.39 is 5.91 Å². The molecule has 2 aromatic heterocycles. The topological polar surface area (TPSA) is 132 Å². The number of anilines is 1. The summed E-state index contributed by atoms with van der Waals surface area (Å²) < 4.78 is 5.11. The van der Waals surface area contributed by atoms with Crippen molar-refractivity contribution in [1.82, 2.24) is 15.0 Å². The van der Waals surface area contributed by atoms with E-state index in [0.717, 1.165) is 10.9 Å². The number of primary amides is 1. The maximum absolute atomic E-state index is 11.7. The molecule has 0 aliphatic carbocycles. The smallest absolute Gasteiger partial charge is 0.269 e. The molecular weight excluding hydrogens is 320 g/mol. The normalized spacial score (nSPS) is 12.2. The van der Waals surface area contributed by atoms with E-state index in [4.69, 9.17) is 16.2 Å². The van der Waals surface area contributed by atoms with Crippen molar-refractivity contribution < 1.29 is 9.53 Å². The van der Waals surface area contributed by atoms with Crippen LogP contribution in [0.5, 0.6) is 0 Å². The van der Waals surface area contributed by atoms with E-state index in [9.17, 15) is 4.79 Å². The summed E-state index contributed by atoms with van der Waals surface area (Å²) in [6, 6.07) is 9.58. The predicted octanol–water partition coefficient (Wildman–Crippen LogP) is 1.11. The number of ether oxygens (including phenoxy) is 1. The first-order chi connectivity index (χ1) is 12.1. The highest BCUT2D eigenvalue weighted by atomic mass is 16.5. The van der Waals surface area contributed by atoms with E-state index in [1.165, 1.54) is 6.20 Å². The van der Waals surface area contributed by atoms with Crippen molar-refractivity contribution in [2.75, 3.05) is 25.6 Å². The molecular formula is C17H20N6O2. The fourth-order valence-electron chi connectivity index (χ4n) is 2.61. The number of methoxy groups -OCH3 is 1. The molecule has 0 aliphatic rings. The summed E-state index contributed by atoms with van der Waals surface area (Å²) in [5.74, 6) is -0.147. The Morgan fingerprint density at radius 3 is 2.88 bits per heavy atom. The quantitative estimate of drug-likeness (QED) is 0.509. The van der Waals surface area contributed by atoms with Crippen LogP contribution >= 0.6 is 0 Å². The molecule has 0 bridgehead atoms. The Bertz CT molecular complexity index is 859. The molecule has 0 aliphatic heterocycles. The minimum absolute atomic E-state index is 0.105. The minimum atomic E-state index is -0.639. The largest absolute Gasteiger partial charge is 0.383 e. The number of nitrogens with one attached hydrogen (secondary N) is 2. The molecule has 1 amide bonds. The second-order valence-electron chi connectivity index (χ2n) is 5.62. The molecule has 8 heteroatoms. The van der Waals surface area contributed by atoms with Gasteiger partial charge >= 0.3 is 0 Å². The van der Waals surface area contributed by atoms with Crippen LogP contribution < -0.4 is 16.8 Å². The Kier molecular flexibility index (Phi) is 4.92. The van der Waals surface area contributed by atoms with Crippen LogP contribution in [0.15, 0.2) is 36.5 Å². The van der Waals surface area contributed by atoms with Crippen LogP contribution in [0.1, 0.15) is 10.5 Å². The number of benzene rings is 1. The van der Waals surface area contributed by atoms with Gasteiger partial charge in [0.25, 0.3) is 5.91 Å². The standard InChI is InChI=1S/C17H20N6O2/c1-25-9-11(7-18)21-14-8-20-16(17(19)24)15(23-14)13-6-10-4-2-3-5-12(10)22-13/h2-6,8,11,22H,7,9,18H2,1H3,(H2,19,24)(H,21,23)/t11-/m1/s1. The molecule has 6 N–H and O–H groups in total. The molecule has 0 saturated carbocycles. The summed E-state index contributed by atoms with van der Waals surface area (Å²) in [6.45, 7) is 0.798. The molecule has 1 atom stereocenters. The summed E-state index contributed by atoms with van der Waals surface area (Å²) in [4.78, 5) is 23.7. The lowest BCUT2D eigenvalue weighted by molar-refractivity contribution is 0.0996. The predicted molar refractivity (Wildman–Crippen MR) is 96.2 cm³/mol. The SMILES string of the molecule is COC[C@@H](CN)Nc1cnc(C(N)=O)c(-c2cc3ccccc3[nH]2)n1. The van der Waals surface area contributed by atoms with E-state index in [2.05, 4.69) is 20.3 Å². The highest BCUT2D eigenvalue weighted by molar-refractivity contribution is 5.98. The van der Waals surface area contributed by atoms with E-state index >= 15 is 0 Å². The number of H-pyrrole nitrogens is 1. The van der Waals surface area contributed by atoms with Crippen molar-refractivity contribution >= 4 is 22.6 Å². The molecule has 3 rings (SSSR count). The van der Waals surface area contributed by atoms with E-state index in [1.807, 2.05) is 30.3 Å². The van der Waals surface area contributed by atoms with Gasteiger partial charge in [0.05, 0.1) is 24.5 Å². The molecule has 0 radical (unpaired) electrons. The zero-order valence-corrected chi connectivity index (χ0v) is 13.8. The van der Waals surface area contributed by atoms with Gasteiger partial charge in [-0.05, 0) is 12.1 Å². The van der Waals surface area contributed by atoms with Crippen LogP contribution in [0.25, 0.3) is 22.3 Å². The maximum atomic E-state index is 11.7. The number of carbonyl (C=O) groups excluding carboxylic acids is 1. The van der Waals surface area contributed by atoms with Crippen molar-refractivity contribution in [1.29, 1.82) is 0 Å². The monoisotopic (exact) mass is 340 g/mol. The lowest BCUT2D eigenvalue weighted by atomic mass is 10.2. The average molecular weight is 340 g/mol. The highest BCUT2D eigenvalue weighted by Crippen LogP contribution is 2.25. The third kappa shape index (κ3) is 3.59. The van der Waals surface area contributed by atoms with Gasteiger partial charge in [0, 0.05) is 24.6 Å². The first-order valence-electron chi connectivity index (χ1n) is 7.83. The van der Waals surface area contributed by atoms with E-state index in [1.54, 1.807) is 7.11 Å². The van der Waals surface area contributed by atoms with Gasteiger partial charge in [0.2, 0.25) is 0 Å². The number of nitrogens with zero attached hydrogens (tertiary/aromatic N) is 2. The number of carbonyl (C=O) groups is 1. The summed E-state index contributed by atoms with van der Waals surface area (Å²) in [7, 11) is 1.60. The lowest BCUT2D eigenvalue weighted by Crippen LogP contribution is -2.33. The number of hydrogen-bond donors (Lipinski definition) is 4. The van der Waals surface area contributed by atoms with Gasteiger partial charge in [0.1, 0.15) is 11.5 Å². The van der Waals surface area contributed by atoms with E-state index in [0.29, 0.717) is 30.4 Å². The average Bonchev–Trinajstić information content (AvgIpc) is 3.05. The Labute approximate surface area is 144 Å². The summed E-state index contributed by atoms with van der Waals surface area (Å²) >= 11 is 0. The molecule has 25 heavy (non-hydrogen) atoms. The second kappa shape index (κ2) is 7.29. The summed E-state index contributed by atoms with van der Waals surface area (Å²) in [6.07, 6.45) is 1.46. The van der Waals surface area contributed by atoms with Crippen LogP contribution in [0.4, 0.5) is 5.82 Å². The number of amides is 1. The Morgan fingerprint density at radius 2 is 2.20 bits per heavy atom. The lowest BCUT2D eigenvalue weighted by Gasteiger charge is -2.17. The number of para-hydroxylation sites is 1. The van der Waals surface area contributed by atoms with Crippen molar-refractivity contribution in [2.24, 2.45) is 11.5 Å². The number of aromatic nitrogens is 3. The van der Waals surface area contributed by atoms with Gasteiger partial charge in [-0.25, -0.2) is 9.97 Å². The first-order valence-corrected chi connectivity index (χ1v) is 7.83. The van der Waals surface area contributed by atoms with Crippen LogP contribution in [0.3, 0.4) is 0 Å². The zero-order valence-electron chi connectivity index (χ0n) is 13.8. The third-order valence-electron chi connectivity index (χ3n) is 3.80. The van der Waals surface area contributed by atoms with Gasteiger partial charge < -0.3 is 26.5 Å². The Hall–Kier alpha value is -2.97. The molecule has 8 nitrogen and oxygen atoms in total. The molecule has 0 fully saturated rings. The van der Waals surface area contributed by atoms with Gasteiger partial charge in [-0.15, -0.1) is 0 Å². The minimum Gasteiger partial charge on any atom is -0.383 e. The van der Waals surface area contributed by atoms with Crippen LogP contribution in [-0.2, 0) is 4.74 Å². The number of hydrogen-bond acceptors (Lipinski definition) is 6. The Balaban J connectivity index is 2.03. The Morgan fingerprint density at radius 1 is 1.40 bits per heavy atom. The molecule has 0 unspecified atom stereocenters. The van der Waals surface area contributed by atoms with Crippen molar-refractivity contribution in [3.63, 3.8) is 0 Å². The number of aromatic amines is 1. The van der Waals surface area contributed by atoms with Crippen LogP contribution in [0, 0.1) is 0 Å². The van der Waals surface area contributed by atoms with Gasteiger partial charge in [0.15, 0.2) is 5.69 Å². The van der Waals surface area contributed by atoms with Crippen molar-refractivity contribution in [2.45, 2.75) is 6.04 Å². The van der Waals surface area contributed by atoms with Gasteiger partial charge in [-0.1, -0.05) is 18.2 Å². The number of nitrogens with two attached hydrogens (primary N) is 2. The third-order valence-corrected chi connectivity index (χ3v) is 3.80. The number of fused-ring (bicyclic) bond motifs is 1. The molecule has 0 saturated heterocycles. The fourth-order valence-corrected chi connectivity index (χ4v) is 2.61. The summed E-state index contributed by atoms with van der Waals surface area (Å²) in [5.41, 5.74) is 13.3. The molecule has 1 aromatic carbocycles. The van der Waals surface area contributed by atoms with Crippen molar-refractivity contribution in [3.05, 3.63) is 42.2 Å².